The molecule has 0 aliphatic heterocycles. The second kappa shape index (κ2) is 10.8. The molecule has 0 spiro atoms. The number of benzene rings is 2. The van der Waals surface area contributed by atoms with Crippen molar-refractivity contribution in [3.8, 4) is 28.6 Å². The molecule has 3 heterocycles. The van der Waals surface area contributed by atoms with Gasteiger partial charge in [0.2, 0.25) is 0 Å². The summed E-state index contributed by atoms with van der Waals surface area (Å²) in [5.41, 5.74) is 5.00. The van der Waals surface area contributed by atoms with Crippen molar-refractivity contribution in [1.82, 2.24) is 19.9 Å². The highest BCUT2D eigenvalue weighted by molar-refractivity contribution is 6.02. The Morgan fingerprint density at radius 1 is 0.853 bits per heavy atom. The number of nitrogens with one attached hydrogen (secondary N) is 1. The van der Waals surface area contributed by atoms with E-state index in [9.17, 15) is 5.26 Å². The quantitative estimate of drug-likeness (QED) is 0.344. The Labute approximate surface area is 199 Å². The zero-order chi connectivity index (χ0) is 23.8. The SMILES string of the molecule is CC.N#Cc1cncc(-c2nc(NCc3ccccn3)c3c(-c4ccccc4)cccc3n2)c1. The van der Waals surface area contributed by atoms with E-state index in [1.807, 2.05) is 62.4 Å². The van der Waals surface area contributed by atoms with Crippen LogP contribution < -0.4 is 5.32 Å². The van der Waals surface area contributed by atoms with E-state index in [2.05, 4.69) is 39.6 Å². The number of nitriles is 1. The van der Waals surface area contributed by atoms with Crippen LogP contribution in [0.5, 0.6) is 0 Å². The van der Waals surface area contributed by atoms with E-state index in [0.717, 1.165) is 27.7 Å². The van der Waals surface area contributed by atoms with Gasteiger partial charge in [-0.3, -0.25) is 9.97 Å². The average molecular weight is 445 g/mol. The molecule has 6 heteroatoms. The molecule has 0 aliphatic rings. The van der Waals surface area contributed by atoms with Gasteiger partial charge in [-0.15, -0.1) is 0 Å². The fraction of sp³-hybridized carbons (Fsp3) is 0.107. The number of fused-ring (bicyclic) bond motifs is 1. The molecule has 5 aromatic rings. The molecule has 0 aliphatic carbocycles. The van der Waals surface area contributed by atoms with E-state index in [0.29, 0.717) is 29.3 Å². The van der Waals surface area contributed by atoms with Crippen LogP contribution in [0.2, 0.25) is 0 Å². The van der Waals surface area contributed by atoms with E-state index in [-0.39, 0.29) is 0 Å². The fourth-order valence-electron chi connectivity index (χ4n) is 3.60. The molecule has 6 nitrogen and oxygen atoms in total. The second-order valence-electron chi connectivity index (χ2n) is 7.21. The number of anilines is 1. The number of rotatable bonds is 5. The Morgan fingerprint density at radius 3 is 2.44 bits per heavy atom. The minimum Gasteiger partial charge on any atom is -0.364 e. The number of hydrogen-bond donors (Lipinski definition) is 1. The van der Waals surface area contributed by atoms with E-state index >= 15 is 0 Å². The molecule has 0 saturated carbocycles. The fourth-order valence-corrected chi connectivity index (χ4v) is 3.60. The summed E-state index contributed by atoms with van der Waals surface area (Å²) in [6.45, 7) is 4.52. The Kier molecular flexibility index (Phi) is 7.16. The van der Waals surface area contributed by atoms with Crippen LogP contribution in [0.4, 0.5) is 5.82 Å². The lowest BCUT2D eigenvalue weighted by Crippen LogP contribution is -2.06. The Hall–Kier alpha value is -4.63. The first-order valence-electron chi connectivity index (χ1n) is 11.2. The molecule has 0 atom stereocenters. The molecule has 1 N–H and O–H groups in total. The first kappa shape index (κ1) is 22.6. The number of aromatic nitrogens is 4. The lowest BCUT2D eigenvalue weighted by atomic mass is 10.0. The van der Waals surface area contributed by atoms with Crippen molar-refractivity contribution in [3.63, 3.8) is 0 Å². The standard InChI is InChI=1S/C26H18N6.C2H6/c27-14-18-13-20(16-28-15-18)25-31-23-11-6-10-22(19-7-2-1-3-8-19)24(23)26(32-25)30-17-21-9-4-5-12-29-21;1-2/h1-13,15-16H,17H2,(H,30,31,32);1-2H3. The monoisotopic (exact) mass is 444 g/mol. The van der Waals surface area contributed by atoms with Crippen molar-refractivity contribution in [3.05, 3.63) is 103 Å². The van der Waals surface area contributed by atoms with Gasteiger partial charge < -0.3 is 5.32 Å². The lowest BCUT2D eigenvalue weighted by Gasteiger charge is -2.14. The maximum Gasteiger partial charge on any atom is 0.163 e. The predicted molar refractivity (Wildman–Crippen MR) is 136 cm³/mol. The average Bonchev–Trinajstić information content (AvgIpc) is 2.93. The molecule has 0 unspecified atom stereocenters. The summed E-state index contributed by atoms with van der Waals surface area (Å²) in [4.78, 5) is 18.2. The predicted octanol–water partition coefficient (Wildman–Crippen LogP) is 6.26. The van der Waals surface area contributed by atoms with Crippen LogP contribution in [0.25, 0.3) is 33.4 Å². The van der Waals surface area contributed by atoms with E-state index in [4.69, 9.17) is 9.97 Å². The minimum atomic E-state index is 0.465. The van der Waals surface area contributed by atoms with Gasteiger partial charge in [-0.2, -0.15) is 5.26 Å². The molecular weight excluding hydrogens is 420 g/mol. The van der Waals surface area contributed by atoms with E-state index in [1.165, 1.54) is 6.20 Å². The van der Waals surface area contributed by atoms with Crippen LogP contribution in [-0.2, 0) is 6.54 Å². The Balaban J connectivity index is 0.00000133. The molecule has 5 rings (SSSR count). The largest absolute Gasteiger partial charge is 0.364 e. The van der Waals surface area contributed by atoms with E-state index < -0.39 is 0 Å². The third-order valence-electron chi connectivity index (χ3n) is 5.10. The van der Waals surface area contributed by atoms with Gasteiger partial charge in [0, 0.05) is 24.2 Å². The molecule has 0 radical (unpaired) electrons. The van der Waals surface area contributed by atoms with Gasteiger partial charge in [0.15, 0.2) is 5.82 Å². The summed E-state index contributed by atoms with van der Waals surface area (Å²) in [6, 6.07) is 25.9. The third-order valence-corrected chi connectivity index (χ3v) is 5.10. The smallest absolute Gasteiger partial charge is 0.163 e. The van der Waals surface area contributed by atoms with Crippen LogP contribution in [0.1, 0.15) is 25.1 Å². The van der Waals surface area contributed by atoms with Crippen LogP contribution >= 0.6 is 0 Å². The molecule has 0 saturated heterocycles. The molecule has 0 bridgehead atoms. The van der Waals surface area contributed by atoms with Crippen molar-refractivity contribution in [2.75, 3.05) is 5.32 Å². The zero-order valence-electron chi connectivity index (χ0n) is 19.1. The van der Waals surface area contributed by atoms with Gasteiger partial charge in [0.1, 0.15) is 11.9 Å². The zero-order valence-corrected chi connectivity index (χ0v) is 19.1. The molecule has 34 heavy (non-hydrogen) atoms. The molecular formula is C28H24N6. The van der Waals surface area contributed by atoms with Crippen LogP contribution in [0.15, 0.2) is 91.4 Å². The summed E-state index contributed by atoms with van der Waals surface area (Å²) in [6.07, 6.45) is 4.97. The van der Waals surface area contributed by atoms with Gasteiger partial charge in [-0.1, -0.05) is 62.4 Å². The second-order valence-corrected chi connectivity index (χ2v) is 7.21. The summed E-state index contributed by atoms with van der Waals surface area (Å²) in [5.74, 6) is 1.22. The van der Waals surface area contributed by atoms with Gasteiger partial charge in [-0.05, 0) is 35.4 Å². The maximum absolute atomic E-state index is 9.26. The summed E-state index contributed by atoms with van der Waals surface area (Å²) in [5, 5.41) is 13.6. The molecule has 2 aromatic carbocycles. The van der Waals surface area contributed by atoms with Crippen LogP contribution in [-0.4, -0.2) is 19.9 Å². The first-order valence-corrected chi connectivity index (χ1v) is 11.2. The van der Waals surface area contributed by atoms with Gasteiger partial charge >= 0.3 is 0 Å². The molecule has 0 amide bonds. The van der Waals surface area contributed by atoms with Crippen molar-refractivity contribution in [2.45, 2.75) is 20.4 Å². The summed E-state index contributed by atoms with van der Waals surface area (Å²) < 4.78 is 0. The normalized spacial score (nSPS) is 10.1. The number of hydrogen-bond acceptors (Lipinski definition) is 6. The summed E-state index contributed by atoms with van der Waals surface area (Å²) >= 11 is 0. The summed E-state index contributed by atoms with van der Waals surface area (Å²) in [7, 11) is 0. The van der Waals surface area contributed by atoms with Crippen molar-refractivity contribution in [2.24, 2.45) is 0 Å². The number of pyridine rings is 2. The maximum atomic E-state index is 9.26. The highest BCUT2D eigenvalue weighted by Crippen LogP contribution is 2.34. The molecule has 0 fully saturated rings. The van der Waals surface area contributed by atoms with Crippen molar-refractivity contribution < 1.29 is 0 Å². The van der Waals surface area contributed by atoms with E-state index in [1.54, 1.807) is 18.5 Å². The Morgan fingerprint density at radius 2 is 1.68 bits per heavy atom. The van der Waals surface area contributed by atoms with Crippen molar-refractivity contribution >= 4 is 16.7 Å². The van der Waals surface area contributed by atoms with Crippen LogP contribution in [0.3, 0.4) is 0 Å². The molecule has 3 aromatic heterocycles. The number of nitrogens with zero attached hydrogens (tertiary/aromatic N) is 5. The topological polar surface area (TPSA) is 87.4 Å². The Bertz CT molecular complexity index is 1430. The molecule has 166 valence electrons. The highest BCUT2D eigenvalue weighted by Gasteiger charge is 2.15. The van der Waals surface area contributed by atoms with Gasteiger partial charge in [0.25, 0.3) is 0 Å². The minimum absolute atomic E-state index is 0.465. The van der Waals surface area contributed by atoms with Gasteiger partial charge in [-0.25, -0.2) is 9.97 Å². The lowest BCUT2D eigenvalue weighted by molar-refractivity contribution is 1.03. The first-order chi connectivity index (χ1) is 16.8. The van der Waals surface area contributed by atoms with Gasteiger partial charge in [0.05, 0.1) is 28.7 Å². The van der Waals surface area contributed by atoms with Crippen LogP contribution in [0, 0.1) is 11.3 Å². The highest BCUT2D eigenvalue weighted by atomic mass is 15.0. The third kappa shape index (κ3) is 4.89. The van der Waals surface area contributed by atoms with Crippen molar-refractivity contribution in [1.29, 1.82) is 5.26 Å².